The summed E-state index contributed by atoms with van der Waals surface area (Å²) in [5, 5.41) is 20.1. The Labute approximate surface area is 239 Å². The van der Waals surface area contributed by atoms with Crippen LogP contribution in [-0.4, -0.2) is 34.9 Å². The molecule has 0 spiro atoms. The molecule has 40 heavy (non-hydrogen) atoms. The Morgan fingerprint density at radius 3 is 2.10 bits per heavy atom. The predicted molar refractivity (Wildman–Crippen MR) is 162 cm³/mol. The summed E-state index contributed by atoms with van der Waals surface area (Å²) in [6.45, 7) is 7.85. The molecular formula is C30H33N5O4S. The van der Waals surface area contributed by atoms with Gasteiger partial charge in [0.05, 0.1) is 4.92 Å². The predicted octanol–water partition coefficient (Wildman–Crippen LogP) is 6.26. The lowest BCUT2D eigenvalue weighted by Gasteiger charge is -2.28. The molecule has 4 rings (SSSR count). The second-order valence-electron chi connectivity index (χ2n) is 10.8. The van der Waals surface area contributed by atoms with Crippen molar-refractivity contribution in [1.82, 2.24) is 5.32 Å². The van der Waals surface area contributed by atoms with Crippen LogP contribution in [0, 0.1) is 10.1 Å². The van der Waals surface area contributed by atoms with Crippen molar-refractivity contribution in [3.8, 4) is 0 Å². The summed E-state index contributed by atoms with van der Waals surface area (Å²) in [6.07, 6.45) is 3.07. The van der Waals surface area contributed by atoms with Gasteiger partial charge in [-0.15, -0.1) is 0 Å². The van der Waals surface area contributed by atoms with Crippen molar-refractivity contribution in [3.63, 3.8) is 0 Å². The number of anilines is 3. The molecule has 1 aliphatic heterocycles. The number of benzene rings is 3. The maximum Gasteiger partial charge on any atom is 0.293 e. The largest absolute Gasteiger partial charge is 0.366 e. The van der Waals surface area contributed by atoms with Crippen LogP contribution in [0.3, 0.4) is 0 Å². The molecule has 0 aliphatic carbocycles. The zero-order valence-electron chi connectivity index (χ0n) is 22.8. The molecule has 3 aromatic carbocycles. The van der Waals surface area contributed by atoms with Crippen molar-refractivity contribution in [2.45, 2.75) is 45.4 Å². The van der Waals surface area contributed by atoms with E-state index < -0.39 is 10.8 Å². The third-order valence-corrected chi connectivity index (χ3v) is 6.95. The molecule has 208 valence electrons. The minimum absolute atomic E-state index is 0.00586. The molecule has 0 saturated carbocycles. The number of nitrogens with zero attached hydrogens (tertiary/aromatic N) is 2. The van der Waals surface area contributed by atoms with Gasteiger partial charge in [-0.1, -0.05) is 39.0 Å². The maximum absolute atomic E-state index is 12.8. The van der Waals surface area contributed by atoms with E-state index in [4.69, 9.17) is 12.2 Å². The first kappa shape index (κ1) is 28.7. The highest BCUT2D eigenvalue weighted by atomic mass is 32.1. The van der Waals surface area contributed by atoms with Gasteiger partial charge in [0.15, 0.2) is 5.11 Å². The lowest BCUT2D eigenvalue weighted by atomic mass is 9.87. The first-order chi connectivity index (χ1) is 19.0. The molecule has 0 atom stereocenters. The molecule has 3 N–H and O–H groups in total. The number of rotatable bonds is 6. The molecule has 0 aromatic heterocycles. The molecular weight excluding hydrogens is 526 g/mol. The van der Waals surface area contributed by atoms with E-state index in [0.717, 1.165) is 37.9 Å². The van der Waals surface area contributed by atoms with Crippen molar-refractivity contribution < 1.29 is 14.5 Å². The van der Waals surface area contributed by atoms with E-state index in [9.17, 15) is 19.7 Å². The van der Waals surface area contributed by atoms with Crippen LogP contribution in [0.5, 0.6) is 0 Å². The van der Waals surface area contributed by atoms with Crippen LogP contribution < -0.4 is 20.9 Å². The van der Waals surface area contributed by atoms with E-state index in [1.54, 1.807) is 48.5 Å². The Balaban J connectivity index is 1.38. The van der Waals surface area contributed by atoms with E-state index in [1.807, 2.05) is 17.0 Å². The van der Waals surface area contributed by atoms with Gasteiger partial charge in [0.1, 0.15) is 5.69 Å². The van der Waals surface area contributed by atoms with Crippen molar-refractivity contribution >= 4 is 51.9 Å². The Morgan fingerprint density at radius 2 is 1.48 bits per heavy atom. The second-order valence-corrected chi connectivity index (χ2v) is 11.2. The maximum atomic E-state index is 12.8. The van der Waals surface area contributed by atoms with Crippen molar-refractivity contribution in [2.75, 3.05) is 28.6 Å². The molecule has 1 saturated heterocycles. The normalized spacial score (nSPS) is 13.3. The molecule has 1 aliphatic rings. The minimum Gasteiger partial charge on any atom is -0.366 e. The number of piperidine rings is 1. The summed E-state index contributed by atoms with van der Waals surface area (Å²) in [4.78, 5) is 38.8. The van der Waals surface area contributed by atoms with Gasteiger partial charge >= 0.3 is 0 Å². The Hall–Kier alpha value is -4.31. The van der Waals surface area contributed by atoms with Gasteiger partial charge in [-0.25, -0.2) is 0 Å². The van der Waals surface area contributed by atoms with E-state index >= 15 is 0 Å². The Kier molecular flexibility index (Phi) is 8.79. The standard InChI is InChI=1S/C30H33N5O4S/c1-30(2,3)22-13-10-20(11-14-22)27(36)31-23-8-7-9-24(19-23)32-29(40)33-28(37)21-12-15-25(26(18-21)35(38)39)34-16-5-4-6-17-34/h7-15,18-19H,4-6,16-17H2,1-3H3,(H,31,36)(H2,32,33,37,40). The van der Waals surface area contributed by atoms with Crippen LogP contribution in [0.2, 0.25) is 0 Å². The third kappa shape index (κ3) is 7.20. The minimum atomic E-state index is -0.561. The molecule has 0 radical (unpaired) electrons. The van der Waals surface area contributed by atoms with Gasteiger partial charge < -0.3 is 15.5 Å². The van der Waals surface area contributed by atoms with Crippen molar-refractivity contribution in [3.05, 3.63) is 93.5 Å². The second kappa shape index (κ2) is 12.3. The topological polar surface area (TPSA) is 117 Å². The monoisotopic (exact) mass is 559 g/mol. The zero-order valence-corrected chi connectivity index (χ0v) is 23.6. The fourth-order valence-corrected chi connectivity index (χ4v) is 4.76. The Morgan fingerprint density at radius 1 is 0.850 bits per heavy atom. The first-order valence-electron chi connectivity index (χ1n) is 13.2. The number of thiocarbonyl (C=S) groups is 1. The molecule has 2 amide bonds. The van der Waals surface area contributed by atoms with E-state index in [0.29, 0.717) is 22.6 Å². The number of carbonyl (C=O) groups excluding carboxylic acids is 2. The average molecular weight is 560 g/mol. The van der Waals surface area contributed by atoms with Crippen LogP contribution >= 0.6 is 12.2 Å². The summed E-state index contributed by atoms with van der Waals surface area (Å²) in [5.41, 5.74) is 3.32. The molecule has 10 heteroatoms. The van der Waals surface area contributed by atoms with Crippen molar-refractivity contribution in [2.24, 2.45) is 0 Å². The summed E-state index contributed by atoms with van der Waals surface area (Å²) in [6, 6.07) is 18.9. The molecule has 9 nitrogen and oxygen atoms in total. The van der Waals surface area contributed by atoms with E-state index in [2.05, 4.69) is 36.7 Å². The van der Waals surface area contributed by atoms with Gasteiger partial charge in [0, 0.05) is 41.7 Å². The van der Waals surface area contributed by atoms with Crippen molar-refractivity contribution in [1.29, 1.82) is 0 Å². The molecule has 1 heterocycles. The number of hydrogen-bond acceptors (Lipinski definition) is 6. The lowest BCUT2D eigenvalue weighted by Crippen LogP contribution is -2.34. The van der Waals surface area contributed by atoms with Crippen LogP contribution in [-0.2, 0) is 5.41 Å². The zero-order chi connectivity index (χ0) is 28.9. The highest BCUT2D eigenvalue weighted by molar-refractivity contribution is 7.80. The molecule has 0 bridgehead atoms. The number of nitro benzene ring substituents is 1. The van der Waals surface area contributed by atoms with Gasteiger partial charge in [0.2, 0.25) is 0 Å². The van der Waals surface area contributed by atoms with Crippen LogP contribution in [0.4, 0.5) is 22.7 Å². The summed E-state index contributed by atoms with van der Waals surface area (Å²) in [5.74, 6) is -0.808. The molecule has 0 unspecified atom stereocenters. The highest BCUT2D eigenvalue weighted by Gasteiger charge is 2.23. The summed E-state index contributed by atoms with van der Waals surface area (Å²) in [7, 11) is 0. The van der Waals surface area contributed by atoms with E-state index in [-0.39, 0.29) is 27.7 Å². The Bertz CT molecular complexity index is 1430. The quantitative estimate of drug-likeness (QED) is 0.185. The molecule has 1 fully saturated rings. The SMILES string of the molecule is CC(C)(C)c1ccc(C(=O)Nc2cccc(NC(=S)NC(=O)c3ccc(N4CCCCC4)c([N+](=O)[O-])c3)c2)cc1. The number of carbonyl (C=O) groups is 2. The lowest BCUT2D eigenvalue weighted by molar-refractivity contribution is -0.384. The van der Waals surface area contributed by atoms with Gasteiger partial charge in [-0.3, -0.25) is 25.0 Å². The number of hydrogen-bond donors (Lipinski definition) is 3. The third-order valence-electron chi connectivity index (χ3n) is 6.75. The average Bonchev–Trinajstić information content (AvgIpc) is 2.93. The smallest absolute Gasteiger partial charge is 0.293 e. The first-order valence-corrected chi connectivity index (χ1v) is 13.6. The van der Waals surface area contributed by atoms with Crippen LogP contribution in [0.15, 0.2) is 66.7 Å². The van der Waals surface area contributed by atoms with Gasteiger partial charge in [-0.05, 0) is 84.9 Å². The van der Waals surface area contributed by atoms with Gasteiger partial charge in [0.25, 0.3) is 17.5 Å². The fourth-order valence-electron chi connectivity index (χ4n) is 4.55. The van der Waals surface area contributed by atoms with E-state index in [1.165, 1.54) is 6.07 Å². The number of nitro groups is 1. The number of nitrogens with one attached hydrogen (secondary N) is 3. The fraction of sp³-hybridized carbons (Fsp3) is 0.300. The molecule has 3 aromatic rings. The summed E-state index contributed by atoms with van der Waals surface area (Å²) >= 11 is 5.30. The summed E-state index contributed by atoms with van der Waals surface area (Å²) < 4.78 is 0. The van der Waals surface area contributed by atoms with Crippen LogP contribution in [0.1, 0.15) is 66.3 Å². The van der Waals surface area contributed by atoms with Crippen LogP contribution in [0.25, 0.3) is 0 Å². The highest BCUT2D eigenvalue weighted by Crippen LogP contribution is 2.31. The number of amides is 2. The van der Waals surface area contributed by atoms with Gasteiger partial charge in [-0.2, -0.15) is 0 Å².